The average Bonchev–Trinajstić information content (AvgIpc) is 2.73. The van der Waals surface area contributed by atoms with Crippen molar-refractivity contribution in [2.45, 2.75) is 44.6 Å². The van der Waals surface area contributed by atoms with Gasteiger partial charge in [0.25, 0.3) is 0 Å². The van der Waals surface area contributed by atoms with Gasteiger partial charge in [0, 0.05) is 4.88 Å². The highest BCUT2D eigenvalue weighted by Crippen LogP contribution is 2.39. The summed E-state index contributed by atoms with van der Waals surface area (Å²) in [6.45, 7) is 3.29. The molecule has 0 aliphatic heterocycles. The lowest BCUT2D eigenvalue weighted by molar-refractivity contribution is 0.243. The SMILES string of the molecule is CCNC1(c2cccs2)CCCCC1. The van der Waals surface area contributed by atoms with Gasteiger partial charge >= 0.3 is 0 Å². The highest BCUT2D eigenvalue weighted by molar-refractivity contribution is 7.10. The third kappa shape index (κ3) is 1.86. The summed E-state index contributed by atoms with van der Waals surface area (Å²) in [5, 5.41) is 5.91. The molecule has 1 aromatic rings. The molecule has 0 bridgehead atoms. The monoisotopic (exact) mass is 209 g/mol. The average molecular weight is 209 g/mol. The Kier molecular flexibility index (Phi) is 3.24. The molecule has 1 aromatic heterocycles. The van der Waals surface area contributed by atoms with Crippen molar-refractivity contribution in [1.82, 2.24) is 5.32 Å². The first-order valence-corrected chi connectivity index (χ1v) is 6.54. The molecule has 1 aliphatic carbocycles. The molecule has 0 radical (unpaired) electrons. The van der Waals surface area contributed by atoms with E-state index in [-0.39, 0.29) is 0 Å². The first-order chi connectivity index (χ1) is 6.87. The quantitative estimate of drug-likeness (QED) is 0.803. The van der Waals surface area contributed by atoms with Gasteiger partial charge in [0.1, 0.15) is 0 Å². The van der Waals surface area contributed by atoms with Crippen LogP contribution < -0.4 is 5.32 Å². The zero-order chi connectivity index (χ0) is 9.86. The minimum absolute atomic E-state index is 0.321. The van der Waals surface area contributed by atoms with Gasteiger partial charge in [-0.2, -0.15) is 0 Å². The van der Waals surface area contributed by atoms with Crippen molar-refractivity contribution >= 4 is 11.3 Å². The Morgan fingerprint density at radius 3 is 2.71 bits per heavy atom. The van der Waals surface area contributed by atoms with Gasteiger partial charge in [-0.25, -0.2) is 0 Å². The number of rotatable bonds is 3. The summed E-state index contributed by atoms with van der Waals surface area (Å²) >= 11 is 1.91. The number of nitrogens with one attached hydrogen (secondary N) is 1. The fourth-order valence-corrected chi connectivity index (χ4v) is 3.52. The van der Waals surface area contributed by atoms with E-state index in [4.69, 9.17) is 0 Å². The van der Waals surface area contributed by atoms with Crippen LogP contribution in [-0.2, 0) is 5.54 Å². The molecule has 14 heavy (non-hydrogen) atoms. The molecule has 1 heterocycles. The Morgan fingerprint density at radius 1 is 1.36 bits per heavy atom. The largest absolute Gasteiger partial charge is 0.307 e. The number of hydrogen-bond donors (Lipinski definition) is 1. The second-order valence-electron chi connectivity index (χ2n) is 4.15. The lowest BCUT2D eigenvalue weighted by atomic mass is 9.80. The number of thiophene rings is 1. The molecule has 1 saturated carbocycles. The van der Waals surface area contributed by atoms with Crippen LogP contribution in [0, 0.1) is 0 Å². The van der Waals surface area contributed by atoms with Gasteiger partial charge in [0.15, 0.2) is 0 Å². The predicted molar refractivity (Wildman–Crippen MR) is 62.8 cm³/mol. The van der Waals surface area contributed by atoms with E-state index in [9.17, 15) is 0 Å². The van der Waals surface area contributed by atoms with Gasteiger partial charge in [-0.3, -0.25) is 0 Å². The molecular weight excluding hydrogens is 190 g/mol. The van der Waals surface area contributed by atoms with Gasteiger partial charge in [-0.1, -0.05) is 32.3 Å². The van der Waals surface area contributed by atoms with Crippen molar-refractivity contribution in [3.63, 3.8) is 0 Å². The Labute approximate surface area is 90.5 Å². The normalized spacial score (nSPS) is 20.9. The molecule has 2 rings (SSSR count). The summed E-state index contributed by atoms with van der Waals surface area (Å²) in [5.74, 6) is 0. The second kappa shape index (κ2) is 4.45. The topological polar surface area (TPSA) is 12.0 Å². The van der Waals surface area contributed by atoms with E-state index in [0.29, 0.717) is 5.54 Å². The highest BCUT2D eigenvalue weighted by Gasteiger charge is 2.33. The minimum Gasteiger partial charge on any atom is -0.307 e. The fourth-order valence-electron chi connectivity index (χ4n) is 2.55. The van der Waals surface area contributed by atoms with Gasteiger partial charge in [0.2, 0.25) is 0 Å². The summed E-state index contributed by atoms with van der Waals surface area (Å²) in [6, 6.07) is 4.46. The number of hydrogen-bond acceptors (Lipinski definition) is 2. The molecule has 2 heteroatoms. The summed E-state index contributed by atoms with van der Waals surface area (Å²) < 4.78 is 0. The van der Waals surface area contributed by atoms with E-state index >= 15 is 0 Å². The smallest absolute Gasteiger partial charge is 0.0528 e. The molecule has 0 amide bonds. The van der Waals surface area contributed by atoms with E-state index in [1.54, 1.807) is 4.88 Å². The van der Waals surface area contributed by atoms with Crippen LogP contribution in [0.25, 0.3) is 0 Å². The maximum atomic E-state index is 3.71. The summed E-state index contributed by atoms with van der Waals surface area (Å²) in [7, 11) is 0. The van der Waals surface area contributed by atoms with Crippen molar-refractivity contribution in [2.75, 3.05) is 6.54 Å². The van der Waals surface area contributed by atoms with Crippen LogP contribution in [0.15, 0.2) is 17.5 Å². The van der Waals surface area contributed by atoms with Crippen molar-refractivity contribution in [1.29, 1.82) is 0 Å². The lowest BCUT2D eigenvalue weighted by Gasteiger charge is -2.37. The van der Waals surface area contributed by atoms with Gasteiger partial charge in [-0.05, 0) is 30.8 Å². The van der Waals surface area contributed by atoms with Gasteiger partial charge < -0.3 is 5.32 Å². The Balaban J connectivity index is 2.20. The molecule has 0 atom stereocenters. The third-order valence-electron chi connectivity index (χ3n) is 3.22. The third-order valence-corrected chi connectivity index (χ3v) is 4.29. The molecule has 0 saturated heterocycles. The van der Waals surface area contributed by atoms with E-state index in [1.807, 2.05) is 11.3 Å². The summed E-state index contributed by atoms with van der Waals surface area (Å²) in [5.41, 5.74) is 0.321. The molecule has 0 unspecified atom stereocenters. The van der Waals surface area contributed by atoms with E-state index < -0.39 is 0 Å². The Hall–Kier alpha value is -0.340. The molecule has 1 aliphatic rings. The fraction of sp³-hybridized carbons (Fsp3) is 0.667. The molecule has 78 valence electrons. The molecule has 0 aromatic carbocycles. The summed E-state index contributed by atoms with van der Waals surface area (Å²) in [6.07, 6.45) is 6.82. The second-order valence-corrected chi connectivity index (χ2v) is 5.10. The van der Waals surface area contributed by atoms with Gasteiger partial charge in [0.05, 0.1) is 5.54 Å². The van der Waals surface area contributed by atoms with Crippen molar-refractivity contribution < 1.29 is 0 Å². The highest BCUT2D eigenvalue weighted by atomic mass is 32.1. The first-order valence-electron chi connectivity index (χ1n) is 5.66. The maximum Gasteiger partial charge on any atom is 0.0528 e. The Morgan fingerprint density at radius 2 is 2.14 bits per heavy atom. The zero-order valence-electron chi connectivity index (χ0n) is 8.88. The molecule has 0 spiro atoms. The molecule has 1 nitrogen and oxygen atoms in total. The van der Waals surface area contributed by atoms with Crippen LogP contribution >= 0.6 is 11.3 Å². The van der Waals surface area contributed by atoms with Crippen LogP contribution in [0.3, 0.4) is 0 Å². The van der Waals surface area contributed by atoms with Crippen molar-refractivity contribution in [2.24, 2.45) is 0 Å². The van der Waals surface area contributed by atoms with Gasteiger partial charge in [-0.15, -0.1) is 11.3 Å². The first kappa shape index (κ1) is 10.2. The standard InChI is InChI=1S/C12H19NS/c1-2-13-12(8-4-3-5-9-12)11-7-6-10-14-11/h6-7,10,13H,2-5,8-9H2,1H3. The zero-order valence-corrected chi connectivity index (χ0v) is 9.70. The van der Waals surface area contributed by atoms with Crippen LogP contribution in [0.4, 0.5) is 0 Å². The predicted octanol–water partition coefficient (Wildman–Crippen LogP) is 3.52. The molecule has 1 fully saturated rings. The molecule has 1 N–H and O–H groups in total. The van der Waals surface area contributed by atoms with E-state index in [2.05, 4.69) is 29.8 Å². The lowest BCUT2D eigenvalue weighted by Crippen LogP contribution is -2.43. The van der Waals surface area contributed by atoms with Crippen LogP contribution in [0.2, 0.25) is 0 Å². The molecular formula is C12H19NS. The Bertz CT molecular complexity index is 254. The van der Waals surface area contributed by atoms with Crippen molar-refractivity contribution in [3.8, 4) is 0 Å². The van der Waals surface area contributed by atoms with Crippen LogP contribution in [0.1, 0.15) is 43.9 Å². The maximum absolute atomic E-state index is 3.71. The van der Waals surface area contributed by atoms with Crippen LogP contribution in [0.5, 0.6) is 0 Å². The van der Waals surface area contributed by atoms with E-state index in [1.165, 1.54) is 32.1 Å². The van der Waals surface area contributed by atoms with Crippen LogP contribution in [-0.4, -0.2) is 6.54 Å². The van der Waals surface area contributed by atoms with Crippen molar-refractivity contribution in [3.05, 3.63) is 22.4 Å². The summed E-state index contributed by atoms with van der Waals surface area (Å²) in [4.78, 5) is 1.54. The van der Waals surface area contributed by atoms with E-state index in [0.717, 1.165) is 6.54 Å². The minimum atomic E-state index is 0.321.